The van der Waals surface area contributed by atoms with Crippen LogP contribution in [-0.2, 0) is 22.6 Å². The third-order valence-corrected chi connectivity index (χ3v) is 5.45. The normalized spacial score (nSPS) is 17.2. The SMILES string of the molecule is CCN(CC)Cc1c[nH]c(/C=C2\C(=O)Nc3ccc(CN4CCOC4=O)cc32)c1. The highest BCUT2D eigenvalue weighted by atomic mass is 16.6. The van der Waals surface area contributed by atoms with Crippen LogP contribution >= 0.6 is 0 Å². The second-order valence-electron chi connectivity index (χ2n) is 7.35. The van der Waals surface area contributed by atoms with Gasteiger partial charge in [0.2, 0.25) is 0 Å². The second kappa shape index (κ2) is 8.13. The number of H-pyrrole nitrogens is 1. The summed E-state index contributed by atoms with van der Waals surface area (Å²) >= 11 is 0. The molecule has 152 valence electrons. The average Bonchev–Trinajstić information content (AvgIpc) is 3.41. The maximum atomic E-state index is 12.5. The highest BCUT2D eigenvalue weighted by molar-refractivity contribution is 6.34. The van der Waals surface area contributed by atoms with Crippen molar-refractivity contribution in [2.45, 2.75) is 26.9 Å². The van der Waals surface area contributed by atoms with E-state index < -0.39 is 0 Å². The predicted octanol–water partition coefficient (Wildman–Crippen LogP) is 3.30. The number of hydrogen-bond acceptors (Lipinski definition) is 4. The lowest BCUT2D eigenvalue weighted by Crippen LogP contribution is -2.23. The van der Waals surface area contributed by atoms with Crippen LogP contribution in [-0.4, -0.2) is 53.0 Å². The van der Waals surface area contributed by atoms with Crippen LogP contribution in [0, 0.1) is 0 Å². The van der Waals surface area contributed by atoms with Gasteiger partial charge in [-0.15, -0.1) is 0 Å². The number of hydrogen-bond donors (Lipinski definition) is 2. The van der Waals surface area contributed by atoms with Gasteiger partial charge in [-0.3, -0.25) is 9.69 Å². The molecule has 4 rings (SSSR count). The number of ether oxygens (including phenoxy) is 1. The molecule has 2 amide bonds. The smallest absolute Gasteiger partial charge is 0.410 e. The van der Waals surface area contributed by atoms with Crippen LogP contribution in [0.2, 0.25) is 0 Å². The number of carbonyl (C=O) groups excluding carboxylic acids is 2. The summed E-state index contributed by atoms with van der Waals surface area (Å²) in [5.74, 6) is -0.113. The molecule has 0 spiro atoms. The van der Waals surface area contributed by atoms with Crippen molar-refractivity contribution >= 4 is 29.3 Å². The maximum Gasteiger partial charge on any atom is 0.410 e. The van der Waals surface area contributed by atoms with Gasteiger partial charge in [0.25, 0.3) is 5.91 Å². The molecule has 0 bridgehead atoms. The first kappa shape index (κ1) is 19.3. The van der Waals surface area contributed by atoms with E-state index in [1.165, 1.54) is 5.56 Å². The van der Waals surface area contributed by atoms with E-state index in [-0.39, 0.29) is 12.0 Å². The fourth-order valence-electron chi connectivity index (χ4n) is 3.76. The summed E-state index contributed by atoms with van der Waals surface area (Å²) in [6, 6.07) is 7.89. The zero-order valence-corrected chi connectivity index (χ0v) is 16.8. The Balaban J connectivity index is 1.56. The van der Waals surface area contributed by atoms with Crippen molar-refractivity contribution < 1.29 is 14.3 Å². The van der Waals surface area contributed by atoms with E-state index in [2.05, 4.69) is 35.1 Å². The Morgan fingerprint density at radius 3 is 2.72 bits per heavy atom. The molecule has 2 aromatic rings. The second-order valence-corrected chi connectivity index (χ2v) is 7.35. The summed E-state index contributed by atoms with van der Waals surface area (Å²) in [6.07, 6.45) is 3.59. The third kappa shape index (κ3) is 4.05. The van der Waals surface area contributed by atoms with Crippen molar-refractivity contribution in [3.63, 3.8) is 0 Å². The number of nitrogens with zero attached hydrogens (tertiary/aromatic N) is 2. The topological polar surface area (TPSA) is 77.7 Å². The number of benzene rings is 1. The number of fused-ring (bicyclic) bond motifs is 1. The molecule has 7 nitrogen and oxygen atoms in total. The lowest BCUT2D eigenvalue weighted by Gasteiger charge is -2.16. The van der Waals surface area contributed by atoms with Crippen LogP contribution in [0.4, 0.5) is 10.5 Å². The van der Waals surface area contributed by atoms with Crippen molar-refractivity contribution in [3.8, 4) is 0 Å². The molecule has 1 aromatic heterocycles. The van der Waals surface area contributed by atoms with E-state index in [4.69, 9.17) is 4.74 Å². The predicted molar refractivity (Wildman–Crippen MR) is 112 cm³/mol. The van der Waals surface area contributed by atoms with E-state index in [9.17, 15) is 9.59 Å². The Morgan fingerprint density at radius 1 is 1.17 bits per heavy atom. The molecule has 1 aromatic carbocycles. The number of cyclic esters (lactones) is 1. The number of aromatic amines is 1. The summed E-state index contributed by atoms with van der Waals surface area (Å²) in [4.78, 5) is 31.5. The quantitative estimate of drug-likeness (QED) is 0.707. The van der Waals surface area contributed by atoms with Gasteiger partial charge < -0.3 is 19.9 Å². The minimum Gasteiger partial charge on any atom is -0.448 e. The van der Waals surface area contributed by atoms with Gasteiger partial charge in [0.05, 0.1) is 12.1 Å². The molecule has 0 aliphatic carbocycles. The van der Waals surface area contributed by atoms with Crippen LogP contribution in [0.25, 0.3) is 11.6 Å². The van der Waals surface area contributed by atoms with Crippen molar-refractivity contribution in [2.24, 2.45) is 0 Å². The van der Waals surface area contributed by atoms with Crippen LogP contribution in [0.5, 0.6) is 0 Å². The summed E-state index contributed by atoms with van der Waals surface area (Å²) in [5, 5.41) is 2.92. The maximum absolute atomic E-state index is 12.5. The fourth-order valence-corrected chi connectivity index (χ4v) is 3.76. The van der Waals surface area contributed by atoms with Gasteiger partial charge in [0.1, 0.15) is 6.61 Å². The Labute approximate surface area is 170 Å². The van der Waals surface area contributed by atoms with Crippen LogP contribution in [0.3, 0.4) is 0 Å². The molecule has 3 heterocycles. The van der Waals surface area contributed by atoms with E-state index in [1.807, 2.05) is 30.5 Å². The van der Waals surface area contributed by atoms with Gasteiger partial charge in [-0.05, 0) is 48.5 Å². The van der Waals surface area contributed by atoms with Crippen molar-refractivity contribution in [1.82, 2.24) is 14.8 Å². The monoisotopic (exact) mass is 394 g/mol. The molecule has 2 aliphatic heterocycles. The molecule has 2 aliphatic rings. The first-order valence-electron chi connectivity index (χ1n) is 10.0. The zero-order chi connectivity index (χ0) is 20.4. The molecule has 29 heavy (non-hydrogen) atoms. The number of anilines is 1. The standard InChI is InChI=1S/C22H26N4O3/c1-3-25(4-2)13-16-9-17(23-12-16)11-19-18-10-15(5-6-20(18)24-21(19)27)14-26-7-8-29-22(26)28/h5-6,9-12,23H,3-4,7-8,13-14H2,1-2H3,(H,24,27)/b19-11-. The van der Waals surface area contributed by atoms with E-state index in [0.29, 0.717) is 25.3 Å². The number of amides is 2. The Morgan fingerprint density at radius 2 is 2.00 bits per heavy atom. The molecular formula is C22H26N4O3. The summed E-state index contributed by atoms with van der Waals surface area (Å²) in [7, 11) is 0. The van der Waals surface area contributed by atoms with Gasteiger partial charge in [-0.25, -0.2) is 4.79 Å². The molecule has 2 N–H and O–H groups in total. The lowest BCUT2D eigenvalue weighted by molar-refractivity contribution is -0.110. The first-order chi connectivity index (χ1) is 14.1. The van der Waals surface area contributed by atoms with Crippen LogP contribution < -0.4 is 5.32 Å². The fraction of sp³-hybridized carbons (Fsp3) is 0.364. The minimum atomic E-state index is -0.289. The van der Waals surface area contributed by atoms with Crippen molar-refractivity contribution in [1.29, 1.82) is 0 Å². The highest BCUT2D eigenvalue weighted by Crippen LogP contribution is 2.34. The van der Waals surface area contributed by atoms with Gasteiger partial charge in [-0.2, -0.15) is 0 Å². The number of carbonyl (C=O) groups is 2. The molecule has 0 radical (unpaired) electrons. The zero-order valence-electron chi connectivity index (χ0n) is 16.8. The summed E-state index contributed by atoms with van der Waals surface area (Å²) < 4.78 is 4.99. The molecule has 1 fully saturated rings. The molecule has 1 saturated heterocycles. The van der Waals surface area contributed by atoms with Crippen molar-refractivity contribution in [3.05, 3.63) is 52.8 Å². The van der Waals surface area contributed by atoms with Gasteiger partial charge in [-0.1, -0.05) is 19.9 Å². The molecule has 0 atom stereocenters. The Hall–Kier alpha value is -3.06. The Bertz CT molecular complexity index is 959. The van der Waals surface area contributed by atoms with E-state index in [0.717, 1.165) is 42.1 Å². The molecule has 7 heteroatoms. The summed E-state index contributed by atoms with van der Waals surface area (Å²) in [6.45, 7) is 8.68. The lowest BCUT2D eigenvalue weighted by atomic mass is 10.0. The van der Waals surface area contributed by atoms with E-state index in [1.54, 1.807) is 4.90 Å². The molecular weight excluding hydrogens is 368 g/mol. The third-order valence-electron chi connectivity index (χ3n) is 5.45. The van der Waals surface area contributed by atoms with Crippen LogP contribution in [0.1, 0.15) is 36.2 Å². The Kier molecular flexibility index (Phi) is 5.40. The largest absolute Gasteiger partial charge is 0.448 e. The number of rotatable bonds is 7. The first-order valence-corrected chi connectivity index (χ1v) is 10.0. The van der Waals surface area contributed by atoms with Gasteiger partial charge in [0, 0.05) is 36.2 Å². The van der Waals surface area contributed by atoms with Gasteiger partial charge in [0.15, 0.2) is 0 Å². The average molecular weight is 394 g/mol. The summed E-state index contributed by atoms with van der Waals surface area (Å²) in [5.41, 5.74) is 5.35. The van der Waals surface area contributed by atoms with Gasteiger partial charge >= 0.3 is 6.09 Å². The number of aromatic nitrogens is 1. The van der Waals surface area contributed by atoms with Crippen molar-refractivity contribution in [2.75, 3.05) is 31.6 Å². The molecule has 0 unspecified atom stereocenters. The highest BCUT2D eigenvalue weighted by Gasteiger charge is 2.26. The van der Waals surface area contributed by atoms with Crippen LogP contribution in [0.15, 0.2) is 30.5 Å². The number of nitrogens with one attached hydrogen (secondary N) is 2. The van der Waals surface area contributed by atoms with E-state index >= 15 is 0 Å². The minimum absolute atomic E-state index is 0.113. The molecule has 0 saturated carbocycles.